The Labute approximate surface area is 205 Å². The van der Waals surface area contributed by atoms with Gasteiger partial charge in [0.25, 0.3) is 17.1 Å². The van der Waals surface area contributed by atoms with E-state index in [1.807, 2.05) is 0 Å². The molecule has 0 spiro atoms. The lowest BCUT2D eigenvalue weighted by molar-refractivity contribution is -0.127. The number of likely N-dealkylation sites (tertiary alicyclic amines) is 1. The van der Waals surface area contributed by atoms with Crippen molar-refractivity contribution in [2.24, 2.45) is 5.92 Å². The van der Waals surface area contributed by atoms with E-state index in [-0.39, 0.29) is 35.7 Å². The first-order valence-electron chi connectivity index (χ1n) is 11.2. The fourth-order valence-corrected chi connectivity index (χ4v) is 4.82. The molecule has 2 aromatic rings. The topological polar surface area (TPSA) is 86.8 Å². The summed E-state index contributed by atoms with van der Waals surface area (Å²) in [5, 5.41) is 2.35. The van der Waals surface area contributed by atoms with Crippen LogP contribution in [0.3, 0.4) is 0 Å². The van der Waals surface area contributed by atoms with Crippen molar-refractivity contribution < 1.29 is 28.0 Å². The third kappa shape index (κ3) is 5.94. The minimum absolute atomic E-state index is 0.0407. The van der Waals surface area contributed by atoms with Gasteiger partial charge in [0.15, 0.2) is 0 Å². The lowest BCUT2D eigenvalue weighted by atomic mass is 9.95. The quantitative estimate of drug-likeness (QED) is 0.613. The van der Waals surface area contributed by atoms with Crippen molar-refractivity contribution in [3.8, 4) is 0 Å². The largest absolute Gasteiger partial charge is 0.354 e. The van der Waals surface area contributed by atoms with Crippen molar-refractivity contribution in [1.29, 1.82) is 0 Å². The van der Waals surface area contributed by atoms with Gasteiger partial charge in [0.2, 0.25) is 5.91 Å². The first-order chi connectivity index (χ1) is 16.8. The zero-order valence-electron chi connectivity index (χ0n) is 18.7. The van der Waals surface area contributed by atoms with Gasteiger partial charge >= 0.3 is 0 Å². The Kier molecular flexibility index (Phi) is 7.60. The van der Waals surface area contributed by atoms with Crippen LogP contribution in [0.15, 0.2) is 53.4 Å². The number of nitrogens with zero attached hydrogens (tertiary/aromatic N) is 2. The van der Waals surface area contributed by atoms with Gasteiger partial charge in [-0.15, -0.1) is 0 Å². The molecule has 0 aromatic heterocycles. The van der Waals surface area contributed by atoms with Crippen molar-refractivity contribution in [2.45, 2.75) is 12.8 Å². The second kappa shape index (κ2) is 10.8. The van der Waals surface area contributed by atoms with E-state index in [2.05, 4.69) is 5.32 Å². The van der Waals surface area contributed by atoms with Crippen molar-refractivity contribution in [1.82, 2.24) is 15.1 Å². The number of amides is 4. The SMILES string of the molecule is O=C(NCCN1C(=O)SC(=Cc2ccc(F)cc2)C1=O)C1CCN(C(=O)c2ccc(F)cc2)CC1. The third-order valence-corrected chi connectivity index (χ3v) is 6.83. The number of halogens is 2. The molecule has 0 unspecified atom stereocenters. The minimum atomic E-state index is -0.453. The summed E-state index contributed by atoms with van der Waals surface area (Å²) < 4.78 is 26.1. The highest BCUT2D eigenvalue weighted by Crippen LogP contribution is 2.32. The maximum absolute atomic E-state index is 13.1. The average Bonchev–Trinajstić information content (AvgIpc) is 3.12. The molecule has 2 heterocycles. The van der Waals surface area contributed by atoms with E-state index >= 15 is 0 Å². The number of rotatable bonds is 6. The molecular formula is C25H23F2N3O4S. The van der Waals surface area contributed by atoms with Gasteiger partial charge in [0.05, 0.1) is 4.91 Å². The fourth-order valence-electron chi connectivity index (χ4n) is 3.96. The summed E-state index contributed by atoms with van der Waals surface area (Å²) in [5.41, 5.74) is 1.01. The summed E-state index contributed by atoms with van der Waals surface area (Å²) in [6.45, 7) is 0.978. The first kappa shape index (κ1) is 24.6. The summed E-state index contributed by atoms with van der Waals surface area (Å²) in [6.07, 6.45) is 2.51. The van der Waals surface area contributed by atoms with Crippen LogP contribution in [0.1, 0.15) is 28.8 Å². The molecule has 2 saturated heterocycles. The van der Waals surface area contributed by atoms with Crippen molar-refractivity contribution in [3.05, 3.63) is 76.2 Å². The molecular weight excluding hydrogens is 476 g/mol. The molecule has 0 aliphatic carbocycles. The number of thioether (sulfide) groups is 1. The maximum Gasteiger partial charge on any atom is 0.293 e. The highest BCUT2D eigenvalue weighted by atomic mass is 32.2. The van der Waals surface area contributed by atoms with Crippen LogP contribution in [0.25, 0.3) is 6.08 Å². The first-order valence-corrected chi connectivity index (χ1v) is 12.0. The molecule has 4 amide bonds. The normalized spacial score (nSPS) is 17.8. The Morgan fingerprint density at radius 1 is 0.971 bits per heavy atom. The number of carbonyl (C=O) groups excluding carboxylic acids is 4. The summed E-state index contributed by atoms with van der Waals surface area (Å²) in [4.78, 5) is 52.9. The molecule has 1 N–H and O–H groups in total. The molecule has 35 heavy (non-hydrogen) atoms. The smallest absolute Gasteiger partial charge is 0.293 e. The van der Waals surface area contributed by atoms with Crippen LogP contribution in [0, 0.1) is 17.6 Å². The summed E-state index contributed by atoms with van der Waals surface area (Å²) in [6, 6.07) is 10.9. The molecule has 2 fully saturated rings. The zero-order chi connectivity index (χ0) is 24.9. The minimum Gasteiger partial charge on any atom is -0.354 e. The average molecular weight is 500 g/mol. The number of hydrogen-bond acceptors (Lipinski definition) is 5. The van der Waals surface area contributed by atoms with E-state index in [0.717, 1.165) is 16.7 Å². The molecule has 2 aliphatic rings. The van der Waals surface area contributed by atoms with Gasteiger partial charge in [-0.2, -0.15) is 0 Å². The lowest BCUT2D eigenvalue weighted by Gasteiger charge is -2.31. The zero-order valence-corrected chi connectivity index (χ0v) is 19.5. The Morgan fingerprint density at radius 2 is 1.57 bits per heavy atom. The molecule has 2 aliphatic heterocycles. The standard InChI is InChI=1S/C25H23F2N3O4S/c26-19-5-1-16(2-6-19)15-21-24(33)30(25(34)35-21)14-11-28-22(31)17-9-12-29(13-10-17)23(32)18-3-7-20(27)8-4-18/h1-8,15,17H,9-14H2,(H,28,31). The molecule has 182 valence electrons. The summed E-state index contributed by atoms with van der Waals surface area (Å²) >= 11 is 0.803. The Hall–Kier alpha value is -3.53. The van der Waals surface area contributed by atoms with Crippen LogP contribution in [0.2, 0.25) is 0 Å². The highest BCUT2D eigenvalue weighted by Gasteiger charge is 2.35. The number of imide groups is 1. The predicted molar refractivity (Wildman–Crippen MR) is 127 cm³/mol. The fraction of sp³-hybridized carbons (Fsp3) is 0.280. The van der Waals surface area contributed by atoms with E-state index < -0.39 is 22.8 Å². The Balaban J connectivity index is 1.23. The molecule has 2 aromatic carbocycles. The van der Waals surface area contributed by atoms with Crippen LogP contribution in [-0.2, 0) is 9.59 Å². The molecule has 0 atom stereocenters. The molecule has 0 bridgehead atoms. The van der Waals surface area contributed by atoms with E-state index in [0.29, 0.717) is 37.1 Å². The molecule has 0 saturated carbocycles. The highest BCUT2D eigenvalue weighted by molar-refractivity contribution is 8.18. The van der Waals surface area contributed by atoms with Crippen LogP contribution in [-0.4, -0.2) is 58.9 Å². The van der Waals surface area contributed by atoms with Crippen LogP contribution in [0.4, 0.5) is 13.6 Å². The van der Waals surface area contributed by atoms with E-state index in [4.69, 9.17) is 0 Å². The van der Waals surface area contributed by atoms with Gasteiger partial charge in [-0.25, -0.2) is 8.78 Å². The van der Waals surface area contributed by atoms with E-state index in [1.165, 1.54) is 54.6 Å². The number of piperidine rings is 1. The summed E-state index contributed by atoms with van der Waals surface area (Å²) in [7, 11) is 0. The van der Waals surface area contributed by atoms with Gasteiger partial charge in [0, 0.05) is 37.7 Å². The monoisotopic (exact) mass is 499 g/mol. The Bertz CT molecular complexity index is 1160. The number of nitrogens with one attached hydrogen (secondary N) is 1. The summed E-state index contributed by atoms with van der Waals surface area (Å²) in [5.74, 6) is -1.92. The lowest BCUT2D eigenvalue weighted by Crippen LogP contribution is -2.44. The van der Waals surface area contributed by atoms with Gasteiger partial charge in [-0.05, 0) is 72.6 Å². The third-order valence-electron chi connectivity index (χ3n) is 5.92. The maximum atomic E-state index is 13.1. The Morgan fingerprint density at radius 3 is 2.20 bits per heavy atom. The second-order valence-corrected chi connectivity index (χ2v) is 9.24. The van der Waals surface area contributed by atoms with E-state index in [9.17, 15) is 28.0 Å². The predicted octanol–water partition coefficient (Wildman–Crippen LogP) is 3.67. The van der Waals surface area contributed by atoms with Crippen molar-refractivity contribution >= 4 is 40.8 Å². The van der Waals surface area contributed by atoms with Crippen LogP contribution in [0.5, 0.6) is 0 Å². The van der Waals surface area contributed by atoms with Gasteiger partial charge in [0.1, 0.15) is 11.6 Å². The van der Waals surface area contributed by atoms with Gasteiger partial charge < -0.3 is 10.2 Å². The second-order valence-electron chi connectivity index (χ2n) is 8.25. The van der Waals surface area contributed by atoms with E-state index in [1.54, 1.807) is 4.90 Å². The molecule has 10 heteroatoms. The van der Waals surface area contributed by atoms with Crippen molar-refractivity contribution in [3.63, 3.8) is 0 Å². The van der Waals surface area contributed by atoms with Gasteiger partial charge in [-0.3, -0.25) is 24.1 Å². The number of hydrogen-bond donors (Lipinski definition) is 1. The molecule has 4 rings (SSSR count). The number of carbonyl (C=O) groups is 4. The van der Waals surface area contributed by atoms with Crippen LogP contribution >= 0.6 is 11.8 Å². The number of benzene rings is 2. The van der Waals surface area contributed by atoms with Gasteiger partial charge in [-0.1, -0.05) is 12.1 Å². The van der Waals surface area contributed by atoms with Crippen LogP contribution < -0.4 is 5.32 Å². The molecule has 0 radical (unpaired) electrons. The molecule has 7 nitrogen and oxygen atoms in total. The van der Waals surface area contributed by atoms with Crippen molar-refractivity contribution in [2.75, 3.05) is 26.2 Å².